The second-order valence-corrected chi connectivity index (χ2v) is 2.30. The Kier molecular flexibility index (Phi) is 3.20. The van der Waals surface area contributed by atoms with Crippen LogP contribution in [-0.2, 0) is 16.1 Å². The molecule has 1 aromatic rings. The first-order valence-corrected chi connectivity index (χ1v) is 3.52. The normalized spacial score (nSPS) is 9.08. The largest absolute Gasteiger partial charge is 0.380 e. The highest BCUT2D eigenvalue weighted by Gasteiger charge is 1.91. The molecule has 0 atom stereocenters. The summed E-state index contributed by atoms with van der Waals surface area (Å²) < 4.78 is 4.92. The summed E-state index contributed by atoms with van der Waals surface area (Å²) in [7, 11) is 1.64. The van der Waals surface area contributed by atoms with E-state index in [0.29, 0.717) is 12.3 Å². The van der Waals surface area contributed by atoms with E-state index in [4.69, 9.17) is 4.74 Å². The first-order chi connectivity index (χ1) is 5.86. The molecular formula is C9H9NO2. The summed E-state index contributed by atoms with van der Waals surface area (Å²) in [6, 6.07) is 7.22. The number of hydrogen-bond donors (Lipinski definition) is 0. The average Bonchev–Trinajstić information content (AvgIpc) is 2.09. The number of rotatable bonds is 3. The summed E-state index contributed by atoms with van der Waals surface area (Å²) >= 11 is 0. The lowest BCUT2D eigenvalue weighted by molar-refractivity contribution is 0.185. The molecular weight excluding hydrogens is 154 g/mol. The first-order valence-electron chi connectivity index (χ1n) is 3.52. The van der Waals surface area contributed by atoms with Crippen molar-refractivity contribution < 1.29 is 9.53 Å². The van der Waals surface area contributed by atoms with Crippen molar-refractivity contribution in [3.05, 3.63) is 29.8 Å². The quantitative estimate of drug-likeness (QED) is 0.503. The Morgan fingerprint density at radius 3 is 2.58 bits per heavy atom. The van der Waals surface area contributed by atoms with E-state index in [0.717, 1.165) is 5.56 Å². The van der Waals surface area contributed by atoms with Crippen LogP contribution in [0, 0.1) is 0 Å². The maximum absolute atomic E-state index is 9.87. The Balaban J connectivity index is 2.77. The second-order valence-electron chi connectivity index (χ2n) is 2.30. The molecule has 0 bridgehead atoms. The van der Waals surface area contributed by atoms with Crippen molar-refractivity contribution in [3.8, 4) is 0 Å². The van der Waals surface area contributed by atoms with E-state index in [-0.39, 0.29) is 0 Å². The van der Waals surface area contributed by atoms with E-state index < -0.39 is 0 Å². The van der Waals surface area contributed by atoms with Crippen LogP contribution in [0.2, 0.25) is 0 Å². The Hall–Kier alpha value is -1.44. The van der Waals surface area contributed by atoms with Gasteiger partial charge in [0.05, 0.1) is 12.3 Å². The zero-order valence-electron chi connectivity index (χ0n) is 6.78. The smallest absolute Gasteiger partial charge is 0.240 e. The number of methoxy groups -OCH3 is 1. The Morgan fingerprint density at radius 1 is 1.42 bits per heavy atom. The maximum atomic E-state index is 9.87. The van der Waals surface area contributed by atoms with Gasteiger partial charge in [-0.05, 0) is 17.7 Å². The number of carbonyl (C=O) groups excluding carboxylic acids is 1. The molecule has 0 N–H and O–H groups in total. The summed E-state index contributed by atoms with van der Waals surface area (Å²) in [6.07, 6.45) is 1.48. The lowest BCUT2D eigenvalue weighted by Gasteiger charge is -1.97. The fourth-order valence-electron chi connectivity index (χ4n) is 0.886. The molecule has 0 saturated carbocycles. The van der Waals surface area contributed by atoms with Gasteiger partial charge in [0, 0.05) is 7.11 Å². The molecule has 0 spiro atoms. The van der Waals surface area contributed by atoms with Crippen LogP contribution < -0.4 is 0 Å². The van der Waals surface area contributed by atoms with Crippen LogP contribution in [0.25, 0.3) is 0 Å². The fraction of sp³-hybridized carbons (Fsp3) is 0.222. The second kappa shape index (κ2) is 4.44. The minimum atomic E-state index is 0.574. The topological polar surface area (TPSA) is 38.7 Å². The molecule has 1 rings (SSSR count). The van der Waals surface area contributed by atoms with Gasteiger partial charge in [0.15, 0.2) is 0 Å². The van der Waals surface area contributed by atoms with Crippen molar-refractivity contribution in [2.24, 2.45) is 4.99 Å². The lowest BCUT2D eigenvalue weighted by Crippen LogP contribution is -1.84. The Bertz CT molecular complexity index is 286. The van der Waals surface area contributed by atoms with Gasteiger partial charge in [-0.1, -0.05) is 12.1 Å². The van der Waals surface area contributed by atoms with Crippen LogP contribution in [0.15, 0.2) is 29.3 Å². The molecule has 62 valence electrons. The number of hydrogen-bond acceptors (Lipinski definition) is 3. The first kappa shape index (κ1) is 8.65. The minimum Gasteiger partial charge on any atom is -0.380 e. The van der Waals surface area contributed by atoms with Crippen molar-refractivity contribution in [1.29, 1.82) is 0 Å². The standard InChI is InChI=1S/C9H9NO2/c1-12-6-8-2-4-9(5-3-8)10-7-11/h2-5H,6H2,1H3. The van der Waals surface area contributed by atoms with Gasteiger partial charge in [-0.25, -0.2) is 4.79 Å². The molecule has 0 aliphatic rings. The van der Waals surface area contributed by atoms with Gasteiger partial charge >= 0.3 is 0 Å². The molecule has 1 aromatic carbocycles. The van der Waals surface area contributed by atoms with Crippen LogP contribution in [0.3, 0.4) is 0 Å². The molecule has 12 heavy (non-hydrogen) atoms. The molecule has 0 fully saturated rings. The fourth-order valence-corrected chi connectivity index (χ4v) is 0.886. The lowest BCUT2D eigenvalue weighted by atomic mass is 10.2. The van der Waals surface area contributed by atoms with Gasteiger partial charge in [0.1, 0.15) is 0 Å². The highest BCUT2D eigenvalue weighted by molar-refractivity contribution is 5.48. The molecule has 0 aliphatic heterocycles. The zero-order chi connectivity index (χ0) is 8.81. The van der Waals surface area contributed by atoms with E-state index in [9.17, 15) is 4.79 Å². The molecule has 0 amide bonds. The zero-order valence-corrected chi connectivity index (χ0v) is 6.78. The summed E-state index contributed by atoms with van der Waals surface area (Å²) in [4.78, 5) is 13.3. The van der Waals surface area contributed by atoms with E-state index in [1.165, 1.54) is 6.08 Å². The third-order valence-corrected chi connectivity index (χ3v) is 1.42. The van der Waals surface area contributed by atoms with Gasteiger partial charge in [0.25, 0.3) is 0 Å². The highest BCUT2D eigenvalue weighted by Crippen LogP contribution is 2.12. The third-order valence-electron chi connectivity index (χ3n) is 1.42. The van der Waals surface area contributed by atoms with Crippen molar-refractivity contribution in [3.63, 3.8) is 0 Å². The Morgan fingerprint density at radius 2 is 2.08 bits per heavy atom. The maximum Gasteiger partial charge on any atom is 0.240 e. The third kappa shape index (κ3) is 2.31. The summed E-state index contributed by atoms with van der Waals surface area (Å²) in [5.74, 6) is 0. The van der Waals surface area contributed by atoms with Gasteiger partial charge in [0.2, 0.25) is 6.08 Å². The van der Waals surface area contributed by atoms with Crippen LogP contribution in [0.4, 0.5) is 5.69 Å². The van der Waals surface area contributed by atoms with Crippen molar-refractivity contribution in [2.45, 2.75) is 6.61 Å². The van der Waals surface area contributed by atoms with E-state index in [1.54, 1.807) is 19.2 Å². The van der Waals surface area contributed by atoms with Gasteiger partial charge < -0.3 is 4.74 Å². The number of benzene rings is 1. The number of aliphatic imine (C=N–C) groups is 1. The number of nitrogens with zero attached hydrogens (tertiary/aromatic N) is 1. The van der Waals surface area contributed by atoms with Crippen LogP contribution in [0.5, 0.6) is 0 Å². The predicted molar refractivity (Wildman–Crippen MR) is 44.9 cm³/mol. The number of isocyanates is 1. The molecule has 0 aliphatic carbocycles. The molecule has 0 saturated heterocycles. The molecule has 3 nitrogen and oxygen atoms in total. The molecule has 0 heterocycles. The van der Waals surface area contributed by atoms with E-state index >= 15 is 0 Å². The number of ether oxygens (including phenoxy) is 1. The molecule has 0 aromatic heterocycles. The highest BCUT2D eigenvalue weighted by atomic mass is 16.5. The minimum absolute atomic E-state index is 0.574. The summed E-state index contributed by atoms with van der Waals surface area (Å²) in [5, 5.41) is 0. The van der Waals surface area contributed by atoms with E-state index in [2.05, 4.69) is 4.99 Å². The Labute approximate surface area is 70.7 Å². The molecule has 0 radical (unpaired) electrons. The van der Waals surface area contributed by atoms with Gasteiger partial charge in [-0.2, -0.15) is 4.99 Å². The van der Waals surface area contributed by atoms with Crippen LogP contribution in [-0.4, -0.2) is 13.2 Å². The average molecular weight is 163 g/mol. The van der Waals surface area contributed by atoms with Gasteiger partial charge in [-0.3, -0.25) is 0 Å². The monoisotopic (exact) mass is 163 g/mol. The van der Waals surface area contributed by atoms with E-state index in [1.807, 2.05) is 12.1 Å². The molecule has 3 heteroatoms. The van der Waals surface area contributed by atoms with Crippen molar-refractivity contribution in [1.82, 2.24) is 0 Å². The summed E-state index contributed by atoms with van der Waals surface area (Å²) in [6.45, 7) is 0.574. The predicted octanol–water partition coefficient (Wildman–Crippen LogP) is 1.80. The SMILES string of the molecule is COCc1ccc(N=C=O)cc1. The van der Waals surface area contributed by atoms with Gasteiger partial charge in [-0.15, -0.1) is 0 Å². The molecule has 0 unspecified atom stereocenters. The van der Waals surface area contributed by atoms with Crippen LogP contribution >= 0.6 is 0 Å². The summed E-state index contributed by atoms with van der Waals surface area (Å²) in [5.41, 5.74) is 1.67. The van der Waals surface area contributed by atoms with Crippen molar-refractivity contribution in [2.75, 3.05) is 7.11 Å². The van der Waals surface area contributed by atoms with Crippen LogP contribution in [0.1, 0.15) is 5.56 Å². The van der Waals surface area contributed by atoms with Crippen molar-refractivity contribution >= 4 is 11.8 Å².